The summed E-state index contributed by atoms with van der Waals surface area (Å²) in [4.78, 5) is 24.7. The van der Waals surface area contributed by atoms with Gasteiger partial charge in [0.2, 0.25) is 5.78 Å². The molecule has 0 heterocycles. The van der Waals surface area contributed by atoms with Crippen molar-refractivity contribution in [2.45, 2.75) is 13.0 Å². The molecule has 0 radical (unpaired) electrons. The van der Waals surface area contributed by atoms with Gasteiger partial charge >= 0.3 is 5.97 Å². The summed E-state index contributed by atoms with van der Waals surface area (Å²) < 4.78 is 5.37. The molecule has 0 saturated carbocycles. The van der Waals surface area contributed by atoms with Gasteiger partial charge in [0.15, 0.2) is 6.10 Å². The molecule has 114 valence electrons. The molecule has 0 amide bonds. The Kier molecular flexibility index (Phi) is 4.20. The number of ether oxygens (including phenoxy) is 1. The highest BCUT2D eigenvalue weighted by Crippen LogP contribution is 2.20. The molecule has 0 saturated heterocycles. The SMILES string of the molecule is CC(OC(=O)c1cccc2ccccc12)C(=O)c1ccccc1. The van der Waals surface area contributed by atoms with Crippen molar-refractivity contribution in [3.8, 4) is 0 Å². The van der Waals surface area contributed by atoms with E-state index in [4.69, 9.17) is 4.74 Å². The monoisotopic (exact) mass is 304 g/mol. The molecule has 0 N–H and O–H groups in total. The molecule has 0 aliphatic heterocycles. The van der Waals surface area contributed by atoms with Crippen LogP contribution in [0.25, 0.3) is 10.8 Å². The van der Waals surface area contributed by atoms with Crippen molar-refractivity contribution in [2.24, 2.45) is 0 Å². The van der Waals surface area contributed by atoms with Crippen molar-refractivity contribution in [1.82, 2.24) is 0 Å². The molecule has 1 unspecified atom stereocenters. The number of hydrogen-bond acceptors (Lipinski definition) is 3. The van der Waals surface area contributed by atoms with E-state index in [2.05, 4.69) is 0 Å². The lowest BCUT2D eigenvalue weighted by atomic mass is 10.0. The lowest BCUT2D eigenvalue weighted by Crippen LogP contribution is -2.24. The van der Waals surface area contributed by atoms with Crippen LogP contribution in [-0.2, 0) is 4.74 Å². The molecule has 3 nitrogen and oxygen atoms in total. The molecular formula is C20H16O3. The van der Waals surface area contributed by atoms with E-state index in [1.165, 1.54) is 0 Å². The van der Waals surface area contributed by atoms with Crippen LogP contribution in [0.5, 0.6) is 0 Å². The Morgan fingerprint density at radius 1 is 0.826 bits per heavy atom. The van der Waals surface area contributed by atoms with Gasteiger partial charge in [-0.2, -0.15) is 0 Å². The molecule has 3 aromatic carbocycles. The van der Waals surface area contributed by atoms with Gasteiger partial charge < -0.3 is 4.74 Å². The first-order valence-electron chi connectivity index (χ1n) is 7.45. The van der Waals surface area contributed by atoms with E-state index in [-0.39, 0.29) is 5.78 Å². The third-order valence-corrected chi connectivity index (χ3v) is 3.72. The lowest BCUT2D eigenvalue weighted by Gasteiger charge is -2.13. The number of ketones is 1. The van der Waals surface area contributed by atoms with Crippen molar-refractivity contribution >= 4 is 22.5 Å². The molecule has 0 aliphatic carbocycles. The fourth-order valence-electron chi connectivity index (χ4n) is 2.52. The number of fused-ring (bicyclic) bond motifs is 1. The summed E-state index contributed by atoms with van der Waals surface area (Å²) in [6, 6.07) is 21.9. The number of Topliss-reactive ketones (excluding diaryl/α,β-unsaturated/α-hetero) is 1. The van der Waals surface area contributed by atoms with Gasteiger partial charge in [-0.05, 0) is 23.8 Å². The van der Waals surface area contributed by atoms with Crippen LogP contribution in [0.1, 0.15) is 27.6 Å². The average Bonchev–Trinajstić information content (AvgIpc) is 2.61. The number of carbonyl (C=O) groups excluding carboxylic acids is 2. The van der Waals surface area contributed by atoms with Crippen molar-refractivity contribution in [3.05, 3.63) is 83.9 Å². The quantitative estimate of drug-likeness (QED) is 0.534. The first-order valence-corrected chi connectivity index (χ1v) is 7.45. The lowest BCUT2D eigenvalue weighted by molar-refractivity contribution is 0.0321. The zero-order valence-electron chi connectivity index (χ0n) is 12.7. The van der Waals surface area contributed by atoms with Gasteiger partial charge in [0.25, 0.3) is 0 Å². The van der Waals surface area contributed by atoms with Gasteiger partial charge in [-0.15, -0.1) is 0 Å². The van der Waals surface area contributed by atoms with Gasteiger partial charge in [0, 0.05) is 5.56 Å². The molecule has 0 fully saturated rings. The fourth-order valence-corrected chi connectivity index (χ4v) is 2.52. The average molecular weight is 304 g/mol. The summed E-state index contributed by atoms with van der Waals surface area (Å²) >= 11 is 0. The first kappa shape index (κ1) is 15.0. The Hall–Kier alpha value is -2.94. The zero-order valence-corrected chi connectivity index (χ0v) is 12.7. The molecule has 1 atom stereocenters. The van der Waals surface area contributed by atoms with Crippen LogP contribution in [0.4, 0.5) is 0 Å². The predicted octanol–water partition coefficient (Wildman–Crippen LogP) is 4.27. The molecule has 0 aromatic heterocycles. The van der Waals surface area contributed by atoms with Crippen LogP contribution in [-0.4, -0.2) is 17.9 Å². The molecule has 0 bridgehead atoms. The van der Waals surface area contributed by atoms with Crippen LogP contribution in [0.2, 0.25) is 0 Å². The van der Waals surface area contributed by atoms with Crippen LogP contribution in [0.15, 0.2) is 72.8 Å². The predicted molar refractivity (Wildman–Crippen MR) is 89.6 cm³/mol. The molecular weight excluding hydrogens is 288 g/mol. The Labute approximate surface area is 134 Å². The first-order chi connectivity index (χ1) is 11.2. The second kappa shape index (κ2) is 6.44. The molecule has 23 heavy (non-hydrogen) atoms. The molecule has 3 heteroatoms. The normalized spacial score (nSPS) is 11.9. The summed E-state index contributed by atoms with van der Waals surface area (Å²) in [5, 5.41) is 1.78. The van der Waals surface area contributed by atoms with Crippen molar-refractivity contribution < 1.29 is 14.3 Å². The van der Waals surface area contributed by atoms with Gasteiger partial charge in [-0.25, -0.2) is 4.79 Å². The minimum Gasteiger partial charge on any atom is -0.451 e. The van der Waals surface area contributed by atoms with E-state index < -0.39 is 12.1 Å². The Morgan fingerprint density at radius 3 is 2.26 bits per heavy atom. The highest BCUT2D eigenvalue weighted by Gasteiger charge is 2.21. The maximum Gasteiger partial charge on any atom is 0.339 e. The molecule has 0 aliphatic rings. The Balaban J connectivity index is 1.82. The molecule has 3 aromatic rings. The van der Waals surface area contributed by atoms with Crippen molar-refractivity contribution in [2.75, 3.05) is 0 Å². The van der Waals surface area contributed by atoms with Gasteiger partial charge in [0.1, 0.15) is 0 Å². The van der Waals surface area contributed by atoms with Crippen molar-refractivity contribution in [1.29, 1.82) is 0 Å². The van der Waals surface area contributed by atoms with E-state index in [0.29, 0.717) is 11.1 Å². The number of benzene rings is 3. The van der Waals surface area contributed by atoms with Crippen LogP contribution >= 0.6 is 0 Å². The summed E-state index contributed by atoms with van der Waals surface area (Å²) in [6.45, 7) is 1.60. The fraction of sp³-hybridized carbons (Fsp3) is 0.100. The van der Waals surface area contributed by atoms with E-state index in [0.717, 1.165) is 10.8 Å². The molecule has 3 rings (SSSR count). The third kappa shape index (κ3) is 3.14. The summed E-state index contributed by atoms with van der Waals surface area (Å²) in [5.41, 5.74) is 1.00. The van der Waals surface area contributed by atoms with Crippen LogP contribution < -0.4 is 0 Å². The zero-order chi connectivity index (χ0) is 16.2. The topological polar surface area (TPSA) is 43.4 Å². The Morgan fingerprint density at radius 2 is 1.48 bits per heavy atom. The van der Waals surface area contributed by atoms with Crippen LogP contribution in [0.3, 0.4) is 0 Å². The summed E-state index contributed by atoms with van der Waals surface area (Å²) in [5.74, 6) is -0.697. The number of rotatable bonds is 4. The minimum absolute atomic E-state index is 0.209. The third-order valence-electron chi connectivity index (χ3n) is 3.72. The van der Waals surface area contributed by atoms with E-state index >= 15 is 0 Å². The number of carbonyl (C=O) groups is 2. The molecule has 0 spiro atoms. The summed E-state index contributed by atoms with van der Waals surface area (Å²) in [6.07, 6.45) is -0.830. The maximum atomic E-state index is 12.4. The van der Waals surface area contributed by atoms with Crippen molar-refractivity contribution in [3.63, 3.8) is 0 Å². The number of esters is 1. The van der Waals surface area contributed by atoms with E-state index in [1.807, 2.05) is 42.5 Å². The van der Waals surface area contributed by atoms with Gasteiger partial charge in [-0.1, -0.05) is 66.7 Å². The highest BCUT2D eigenvalue weighted by atomic mass is 16.5. The van der Waals surface area contributed by atoms with Gasteiger partial charge in [-0.3, -0.25) is 4.79 Å². The Bertz CT molecular complexity index is 848. The standard InChI is InChI=1S/C20H16O3/c1-14(19(21)16-9-3-2-4-10-16)23-20(22)18-13-7-11-15-8-5-6-12-17(15)18/h2-14H,1H3. The number of hydrogen-bond donors (Lipinski definition) is 0. The second-order valence-corrected chi connectivity index (χ2v) is 5.30. The summed E-state index contributed by atoms with van der Waals surface area (Å²) in [7, 11) is 0. The van der Waals surface area contributed by atoms with Crippen LogP contribution in [0, 0.1) is 0 Å². The highest BCUT2D eigenvalue weighted by molar-refractivity contribution is 6.06. The largest absolute Gasteiger partial charge is 0.451 e. The maximum absolute atomic E-state index is 12.4. The smallest absolute Gasteiger partial charge is 0.339 e. The van der Waals surface area contributed by atoms with Gasteiger partial charge in [0.05, 0.1) is 5.56 Å². The minimum atomic E-state index is -0.830. The van der Waals surface area contributed by atoms with E-state index in [1.54, 1.807) is 37.3 Å². The van der Waals surface area contributed by atoms with E-state index in [9.17, 15) is 9.59 Å². The second-order valence-electron chi connectivity index (χ2n) is 5.30.